The summed E-state index contributed by atoms with van der Waals surface area (Å²) in [6, 6.07) is 4.27. The second kappa shape index (κ2) is 4.80. The van der Waals surface area contributed by atoms with E-state index in [1.54, 1.807) is 27.0 Å². The number of amides is 1. The van der Waals surface area contributed by atoms with E-state index in [0.717, 1.165) is 0 Å². The van der Waals surface area contributed by atoms with Gasteiger partial charge in [0.25, 0.3) is 0 Å². The number of carbonyl (C=O) groups excluding carboxylic acids is 1. The topological polar surface area (TPSA) is 41.1 Å². The Bertz CT molecular complexity index is 407. The lowest BCUT2D eigenvalue weighted by molar-refractivity contribution is -0.126. The van der Waals surface area contributed by atoms with Crippen LogP contribution in [0.2, 0.25) is 5.02 Å². The molecule has 0 aliphatic heterocycles. The van der Waals surface area contributed by atoms with Crippen molar-refractivity contribution in [3.63, 3.8) is 0 Å². The molecule has 1 aromatic carbocycles. The SMILES string of the molecule is CNNC(=O)C(C)(C)c1ccc(F)c(Cl)c1. The first-order chi connectivity index (χ1) is 7.39. The summed E-state index contributed by atoms with van der Waals surface area (Å²) in [5, 5.41) is 0.0165. The zero-order chi connectivity index (χ0) is 12.3. The van der Waals surface area contributed by atoms with Crippen LogP contribution >= 0.6 is 11.6 Å². The van der Waals surface area contributed by atoms with E-state index in [1.807, 2.05) is 0 Å². The van der Waals surface area contributed by atoms with Crippen molar-refractivity contribution in [1.29, 1.82) is 0 Å². The molecule has 1 rings (SSSR count). The third-order valence-corrected chi connectivity index (χ3v) is 2.74. The Morgan fingerprint density at radius 2 is 2.06 bits per heavy atom. The molecule has 0 aromatic heterocycles. The number of halogens is 2. The van der Waals surface area contributed by atoms with Crippen LogP contribution in [0, 0.1) is 5.82 Å². The van der Waals surface area contributed by atoms with Crippen molar-refractivity contribution in [1.82, 2.24) is 10.9 Å². The molecule has 0 unspecified atom stereocenters. The van der Waals surface area contributed by atoms with Gasteiger partial charge in [-0.15, -0.1) is 0 Å². The summed E-state index contributed by atoms with van der Waals surface area (Å²) in [6.45, 7) is 3.48. The van der Waals surface area contributed by atoms with Crippen LogP contribution in [-0.2, 0) is 10.2 Å². The third-order valence-electron chi connectivity index (χ3n) is 2.45. The van der Waals surface area contributed by atoms with Crippen molar-refractivity contribution in [3.05, 3.63) is 34.6 Å². The molecule has 2 N–H and O–H groups in total. The average Bonchev–Trinajstić information content (AvgIpc) is 2.22. The molecule has 0 radical (unpaired) electrons. The van der Waals surface area contributed by atoms with Crippen molar-refractivity contribution >= 4 is 17.5 Å². The molecule has 1 aromatic rings. The molecule has 0 saturated carbocycles. The number of carbonyl (C=O) groups is 1. The van der Waals surface area contributed by atoms with E-state index in [-0.39, 0.29) is 10.9 Å². The van der Waals surface area contributed by atoms with Gasteiger partial charge in [0.1, 0.15) is 5.82 Å². The van der Waals surface area contributed by atoms with Gasteiger partial charge in [-0.25, -0.2) is 9.82 Å². The van der Waals surface area contributed by atoms with Crippen molar-refractivity contribution < 1.29 is 9.18 Å². The first kappa shape index (κ1) is 12.9. The number of benzene rings is 1. The van der Waals surface area contributed by atoms with Crippen LogP contribution in [0.1, 0.15) is 19.4 Å². The van der Waals surface area contributed by atoms with Gasteiger partial charge in [0, 0.05) is 7.05 Å². The summed E-state index contributed by atoms with van der Waals surface area (Å²) in [6.07, 6.45) is 0. The van der Waals surface area contributed by atoms with Gasteiger partial charge in [0.2, 0.25) is 5.91 Å². The minimum Gasteiger partial charge on any atom is -0.291 e. The Hall–Kier alpha value is -1.13. The van der Waals surface area contributed by atoms with E-state index in [4.69, 9.17) is 11.6 Å². The molecule has 16 heavy (non-hydrogen) atoms. The fraction of sp³-hybridized carbons (Fsp3) is 0.364. The largest absolute Gasteiger partial charge is 0.291 e. The molecule has 0 saturated heterocycles. The summed E-state index contributed by atoms with van der Waals surface area (Å²) in [5.41, 5.74) is 4.94. The normalized spacial score (nSPS) is 11.3. The van der Waals surface area contributed by atoms with Crippen LogP contribution in [0.15, 0.2) is 18.2 Å². The first-order valence-electron chi connectivity index (χ1n) is 4.82. The lowest BCUT2D eigenvalue weighted by atomic mass is 9.84. The summed E-state index contributed by atoms with van der Waals surface area (Å²) >= 11 is 5.68. The molecule has 0 aliphatic carbocycles. The van der Waals surface area contributed by atoms with Crippen LogP contribution < -0.4 is 10.9 Å². The predicted molar refractivity (Wildman–Crippen MR) is 61.6 cm³/mol. The molecular weight excluding hydrogens is 231 g/mol. The number of hydrogen-bond acceptors (Lipinski definition) is 2. The summed E-state index contributed by atoms with van der Waals surface area (Å²) in [4.78, 5) is 11.8. The Kier molecular flexibility index (Phi) is 3.88. The fourth-order valence-corrected chi connectivity index (χ4v) is 1.47. The van der Waals surface area contributed by atoms with Crippen molar-refractivity contribution in [2.24, 2.45) is 0 Å². The number of hydrogen-bond donors (Lipinski definition) is 2. The van der Waals surface area contributed by atoms with E-state index in [9.17, 15) is 9.18 Å². The first-order valence-corrected chi connectivity index (χ1v) is 5.20. The molecule has 88 valence electrons. The van der Waals surface area contributed by atoms with Crippen LogP contribution in [0.3, 0.4) is 0 Å². The maximum Gasteiger partial charge on any atom is 0.244 e. The lowest BCUT2D eigenvalue weighted by Crippen LogP contribution is -2.45. The predicted octanol–water partition coefficient (Wildman–Crippen LogP) is 2.01. The molecule has 0 atom stereocenters. The average molecular weight is 245 g/mol. The second-order valence-corrected chi connectivity index (χ2v) is 4.37. The highest BCUT2D eigenvalue weighted by Crippen LogP contribution is 2.27. The van der Waals surface area contributed by atoms with Gasteiger partial charge >= 0.3 is 0 Å². The van der Waals surface area contributed by atoms with Gasteiger partial charge in [0.15, 0.2) is 0 Å². The molecule has 0 spiro atoms. The summed E-state index contributed by atoms with van der Waals surface area (Å²) < 4.78 is 13.0. The smallest absolute Gasteiger partial charge is 0.244 e. The Morgan fingerprint density at radius 3 is 2.56 bits per heavy atom. The highest BCUT2D eigenvalue weighted by atomic mass is 35.5. The standard InChI is InChI=1S/C11H14ClFN2O/c1-11(2,10(16)15-14-3)7-4-5-9(13)8(12)6-7/h4-6,14H,1-3H3,(H,15,16). The highest BCUT2D eigenvalue weighted by Gasteiger charge is 2.29. The fourth-order valence-electron chi connectivity index (χ4n) is 1.29. The quantitative estimate of drug-likeness (QED) is 0.799. The maximum atomic E-state index is 13.0. The molecule has 0 fully saturated rings. The van der Waals surface area contributed by atoms with Crippen LogP contribution in [0.4, 0.5) is 4.39 Å². The maximum absolute atomic E-state index is 13.0. The minimum absolute atomic E-state index is 0.0165. The molecule has 5 heteroatoms. The van der Waals surface area contributed by atoms with Gasteiger partial charge in [-0.05, 0) is 31.5 Å². The second-order valence-electron chi connectivity index (χ2n) is 3.96. The number of rotatable bonds is 3. The summed E-state index contributed by atoms with van der Waals surface area (Å²) in [7, 11) is 1.60. The Balaban J connectivity index is 3.06. The van der Waals surface area contributed by atoms with Crippen molar-refractivity contribution in [2.75, 3.05) is 7.05 Å². The molecule has 0 heterocycles. The third kappa shape index (κ3) is 2.51. The van der Waals surface area contributed by atoms with Crippen LogP contribution in [0.5, 0.6) is 0 Å². The van der Waals surface area contributed by atoms with E-state index in [1.165, 1.54) is 12.1 Å². The van der Waals surface area contributed by atoms with Gasteiger partial charge in [-0.1, -0.05) is 17.7 Å². The molecular formula is C11H14ClFN2O. The van der Waals surface area contributed by atoms with Crippen molar-refractivity contribution in [3.8, 4) is 0 Å². The van der Waals surface area contributed by atoms with E-state index in [0.29, 0.717) is 5.56 Å². The highest BCUT2D eigenvalue weighted by molar-refractivity contribution is 6.30. The van der Waals surface area contributed by atoms with Gasteiger partial charge in [0.05, 0.1) is 10.4 Å². The Morgan fingerprint density at radius 1 is 1.44 bits per heavy atom. The molecule has 3 nitrogen and oxygen atoms in total. The lowest BCUT2D eigenvalue weighted by Gasteiger charge is -2.24. The van der Waals surface area contributed by atoms with Gasteiger partial charge < -0.3 is 0 Å². The van der Waals surface area contributed by atoms with Crippen LogP contribution in [-0.4, -0.2) is 13.0 Å². The van der Waals surface area contributed by atoms with Gasteiger partial charge in [-0.2, -0.15) is 0 Å². The molecule has 1 amide bonds. The monoisotopic (exact) mass is 244 g/mol. The minimum atomic E-state index is -0.777. The van der Waals surface area contributed by atoms with E-state index in [2.05, 4.69) is 10.9 Å². The Labute approximate surface area is 99.0 Å². The number of hydrazine groups is 1. The zero-order valence-electron chi connectivity index (χ0n) is 9.40. The zero-order valence-corrected chi connectivity index (χ0v) is 10.2. The molecule has 0 aliphatic rings. The van der Waals surface area contributed by atoms with E-state index >= 15 is 0 Å². The van der Waals surface area contributed by atoms with Gasteiger partial charge in [-0.3, -0.25) is 10.2 Å². The van der Waals surface area contributed by atoms with E-state index < -0.39 is 11.2 Å². The summed E-state index contributed by atoms with van der Waals surface area (Å²) in [5.74, 6) is -0.701. The number of nitrogens with one attached hydrogen (secondary N) is 2. The van der Waals surface area contributed by atoms with Crippen LogP contribution in [0.25, 0.3) is 0 Å². The van der Waals surface area contributed by atoms with Crippen molar-refractivity contribution in [2.45, 2.75) is 19.3 Å². The molecule has 0 bridgehead atoms.